The SMILES string of the molecule is O=C(Nc1cc(Br)ccc1Cl)C1CCC(F)(F)C1. The second-order valence-corrected chi connectivity index (χ2v) is 5.73. The fourth-order valence-electron chi connectivity index (χ4n) is 2.00. The number of carbonyl (C=O) groups excluding carboxylic acids is 1. The lowest BCUT2D eigenvalue weighted by atomic mass is 10.1. The minimum absolute atomic E-state index is 0.213. The van der Waals surface area contributed by atoms with Crippen LogP contribution < -0.4 is 5.32 Å². The van der Waals surface area contributed by atoms with Crippen molar-refractivity contribution in [2.24, 2.45) is 5.92 Å². The van der Waals surface area contributed by atoms with Crippen LogP contribution in [-0.4, -0.2) is 11.8 Å². The Bertz CT molecular complexity index is 481. The number of halogens is 4. The highest BCUT2D eigenvalue weighted by Crippen LogP contribution is 2.39. The number of nitrogens with one attached hydrogen (secondary N) is 1. The fraction of sp³-hybridized carbons (Fsp3) is 0.417. The van der Waals surface area contributed by atoms with Crippen LogP contribution in [0.5, 0.6) is 0 Å². The van der Waals surface area contributed by atoms with E-state index in [4.69, 9.17) is 11.6 Å². The summed E-state index contributed by atoms with van der Waals surface area (Å²) in [7, 11) is 0. The van der Waals surface area contributed by atoms with Crippen LogP contribution in [0.1, 0.15) is 19.3 Å². The lowest BCUT2D eigenvalue weighted by Gasteiger charge is -2.12. The van der Waals surface area contributed by atoms with E-state index in [9.17, 15) is 13.6 Å². The average Bonchev–Trinajstić information content (AvgIpc) is 2.64. The number of hydrogen-bond acceptors (Lipinski definition) is 1. The Morgan fingerprint density at radius 2 is 2.22 bits per heavy atom. The molecule has 0 saturated heterocycles. The van der Waals surface area contributed by atoms with Crippen molar-refractivity contribution in [3.05, 3.63) is 27.7 Å². The Labute approximate surface area is 117 Å². The van der Waals surface area contributed by atoms with E-state index >= 15 is 0 Å². The molecule has 1 fully saturated rings. The third-order valence-corrected chi connectivity index (χ3v) is 3.78. The van der Waals surface area contributed by atoms with Crippen LogP contribution in [0.15, 0.2) is 22.7 Å². The molecule has 1 aliphatic rings. The highest BCUT2D eigenvalue weighted by atomic mass is 79.9. The third kappa shape index (κ3) is 3.20. The van der Waals surface area contributed by atoms with Crippen molar-refractivity contribution >= 4 is 39.1 Å². The normalized spacial score (nSPS) is 21.9. The van der Waals surface area contributed by atoms with Crippen molar-refractivity contribution < 1.29 is 13.6 Å². The Morgan fingerprint density at radius 1 is 1.50 bits per heavy atom. The van der Waals surface area contributed by atoms with Crippen molar-refractivity contribution in [1.29, 1.82) is 0 Å². The standard InChI is InChI=1S/C12H11BrClF2NO/c13-8-1-2-9(14)10(5-8)17-11(18)7-3-4-12(15,16)6-7/h1-2,5,7H,3-4,6H2,(H,17,18). The van der Waals surface area contributed by atoms with Crippen LogP contribution in [0.4, 0.5) is 14.5 Å². The summed E-state index contributed by atoms with van der Waals surface area (Å²) in [4.78, 5) is 11.8. The first-order chi connectivity index (χ1) is 8.37. The van der Waals surface area contributed by atoms with Gasteiger partial charge in [0, 0.05) is 23.2 Å². The van der Waals surface area contributed by atoms with Crippen LogP contribution in [-0.2, 0) is 4.79 Å². The van der Waals surface area contributed by atoms with Gasteiger partial charge in [0.05, 0.1) is 10.7 Å². The van der Waals surface area contributed by atoms with Crippen molar-refractivity contribution in [1.82, 2.24) is 0 Å². The fourth-order valence-corrected chi connectivity index (χ4v) is 2.53. The molecule has 0 heterocycles. The highest BCUT2D eigenvalue weighted by Gasteiger charge is 2.42. The molecule has 1 saturated carbocycles. The van der Waals surface area contributed by atoms with E-state index in [1.165, 1.54) is 0 Å². The molecule has 0 bridgehead atoms. The Hall–Kier alpha value is -0.680. The van der Waals surface area contributed by atoms with Gasteiger partial charge in [-0.3, -0.25) is 4.79 Å². The summed E-state index contributed by atoms with van der Waals surface area (Å²) in [6.45, 7) is 0. The van der Waals surface area contributed by atoms with E-state index < -0.39 is 17.7 Å². The summed E-state index contributed by atoms with van der Waals surface area (Å²) in [6, 6.07) is 5.01. The van der Waals surface area contributed by atoms with E-state index in [1.807, 2.05) is 0 Å². The number of rotatable bonds is 2. The van der Waals surface area contributed by atoms with Gasteiger partial charge < -0.3 is 5.32 Å². The lowest BCUT2D eigenvalue weighted by Crippen LogP contribution is -2.22. The second kappa shape index (κ2) is 5.13. The van der Waals surface area contributed by atoms with Crippen molar-refractivity contribution in [3.8, 4) is 0 Å². The molecule has 0 aromatic heterocycles. The summed E-state index contributed by atoms with van der Waals surface area (Å²) in [5.41, 5.74) is 0.436. The molecule has 1 aromatic rings. The summed E-state index contributed by atoms with van der Waals surface area (Å²) < 4.78 is 26.8. The van der Waals surface area contributed by atoms with Gasteiger partial charge in [-0.15, -0.1) is 0 Å². The molecular formula is C12H11BrClF2NO. The molecule has 1 aromatic carbocycles. The van der Waals surface area contributed by atoms with Crippen LogP contribution in [0.3, 0.4) is 0 Å². The Balaban J connectivity index is 2.06. The maximum atomic E-state index is 13.0. The van der Waals surface area contributed by atoms with Gasteiger partial charge in [-0.25, -0.2) is 8.78 Å². The molecule has 0 radical (unpaired) electrons. The number of benzene rings is 1. The molecule has 98 valence electrons. The zero-order valence-corrected chi connectivity index (χ0v) is 11.7. The molecule has 2 nitrogen and oxygen atoms in total. The molecule has 6 heteroatoms. The first-order valence-corrected chi connectivity index (χ1v) is 6.68. The van der Waals surface area contributed by atoms with Gasteiger partial charge in [0.25, 0.3) is 0 Å². The summed E-state index contributed by atoms with van der Waals surface area (Å²) >= 11 is 9.18. The number of amides is 1. The van der Waals surface area contributed by atoms with Crippen LogP contribution in [0, 0.1) is 5.92 Å². The van der Waals surface area contributed by atoms with Crippen LogP contribution >= 0.6 is 27.5 Å². The van der Waals surface area contributed by atoms with E-state index in [0.717, 1.165) is 4.47 Å². The summed E-state index contributed by atoms with van der Waals surface area (Å²) in [5.74, 6) is -3.76. The molecule has 0 spiro atoms. The van der Waals surface area contributed by atoms with Gasteiger partial charge in [0.2, 0.25) is 11.8 Å². The molecule has 1 amide bonds. The van der Waals surface area contributed by atoms with Crippen molar-refractivity contribution in [2.45, 2.75) is 25.2 Å². The van der Waals surface area contributed by atoms with Crippen molar-refractivity contribution in [2.75, 3.05) is 5.32 Å². The summed E-state index contributed by atoms with van der Waals surface area (Å²) in [6.07, 6.45) is -0.397. The monoisotopic (exact) mass is 337 g/mol. The quantitative estimate of drug-likeness (QED) is 0.846. The second-order valence-electron chi connectivity index (χ2n) is 4.41. The first kappa shape index (κ1) is 13.7. The van der Waals surface area contributed by atoms with Gasteiger partial charge in [-0.1, -0.05) is 27.5 Å². The molecule has 2 rings (SSSR count). The maximum absolute atomic E-state index is 13.0. The molecule has 18 heavy (non-hydrogen) atoms. The zero-order chi connectivity index (χ0) is 13.3. The van der Waals surface area contributed by atoms with Crippen LogP contribution in [0.25, 0.3) is 0 Å². The Kier molecular flexibility index (Phi) is 3.92. The van der Waals surface area contributed by atoms with Gasteiger partial charge in [0.1, 0.15) is 0 Å². The third-order valence-electron chi connectivity index (χ3n) is 2.96. The predicted molar refractivity (Wildman–Crippen MR) is 70.1 cm³/mol. The average molecular weight is 339 g/mol. The lowest BCUT2D eigenvalue weighted by molar-refractivity contribution is -0.120. The van der Waals surface area contributed by atoms with Gasteiger partial charge in [-0.05, 0) is 24.6 Å². The topological polar surface area (TPSA) is 29.1 Å². The van der Waals surface area contributed by atoms with Gasteiger partial charge in [-0.2, -0.15) is 0 Å². The van der Waals surface area contributed by atoms with E-state index in [0.29, 0.717) is 10.7 Å². The summed E-state index contributed by atoms with van der Waals surface area (Å²) in [5, 5.41) is 2.98. The highest BCUT2D eigenvalue weighted by molar-refractivity contribution is 9.10. The smallest absolute Gasteiger partial charge is 0.248 e. The molecule has 1 atom stereocenters. The minimum atomic E-state index is -2.72. The molecular weight excluding hydrogens is 327 g/mol. The van der Waals surface area contributed by atoms with E-state index in [2.05, 4.69) is 21.2 Å². The van der Waals surface area contributed by atoms with E-state index in [-0.39, 0.29) is 19.3 Å². The van der Waals surface area contributed by atoms with Crippen LogP contribution in [0.2, 0.25) is 5.02 Å². The number of hydrogen-bond donors (Lipinski definition) is 1. The molecule has 1 aliphatic carbocycles. The van der Waals surface area contributed by atoms with Gasteiger partial charge >= 0.3 is 0 Å². The molecule has 1 unspecified atom stereocenters. The van der Waals surface area contributed by atoms with Gasteiger partial charge in [0.15, 0.2) is 0 Å². The molecule has 1 N–H and O–H groups in total. The largest absolute Gasteiger partial charge is 0.324 e. The maximum Gasteiger partial charge on any atom is 0.248 e. The molecule has 0 aliphatic heterocycles. The van der Waals surface area contributed by atoms with E-state index in [1.54, 1.807) is 18.2 Å². The first-order valence-electron chi connectivity index (χ1n) is 5.51. The zero-order valence-electron chi connectivity index (χ0n) is 9.35. The Morgan fingerprint density at radius 3 is 2.83 bits per heavy atom. The number of anilines is 1. The van der Waals surface area contributed by atoms with Crippen molar-refractivity contribution in [3.63, 3.8) is 0 Å². The number of alkyl halides is 2. The minimum Gasteiger partial charge on any atom is -0.324 e. The predicted octanol–water partition coefficient (Wildman–Crippen LogP) is 4.48. The number of carbonyl (C=O) groups is 1.